The lowest BCUT2D eigenvalue weighted by Gasteiger charge is -1.98. The number of aliphatic hydroxyl groups is 1. The summed E-state index contributed by atoms with van der Waals surface area (Å²) in [5.41, 5.74) is 7.33. The van der Waals surface area contributed by atoms with Crippen LogP contribution >= 0.6 is 0 Å². The van der Waals surface area contributed by atoms with E-state index in [1.807, 2.05) is 6.07 Å². The summed E-state index contributed by atoms with van der Waals surface area (Å²) in [6.07, 6.45) is 3.34. The van der Waals surface area contributed by atoms with Gasteiger partial charge >= 0.3 is 0 Å². The van der Waals surface area contributed by atoms with E-state index in [-0.39, 0.29) is 6.61 Å². The van der Waals surface area contributed by atoms with Crippen molar-refractivity contribution in [1.29, 1.82) is 5.26 Å². The number of nitrogens with two attached hydrogens (primary N) is 1. The largest absolute Gasteiger partial charge is 0.398 e. The number of benzene rings is 1. The minimum absolute atomic E-state index is 0.00768. The molecular formula is C10H10N2O. The molecule has 3 heteroatoms. The zero-order valence-corrected chi connectivity index (χ0v) is 7.07. The summed E-state index contributed by atoms with van der Waals surface area (Å²) in [6, 6.07) is 7.14. The molecule has 0 saturated heterocycles. The Kier molecular flexibility index (Phi) is 3.07. The number of nitrogen functional groups attached to an aromatic ring is 1. The van der Waals surface area contributed by atoms with Gasteiger partial charge in [0.05, 0.1) is 12.2 Å². The Morgan fingerprint density at radius 3 is 2.92 bits per heavy atom. The van der Waals surface area contributed by atoms with E-state index in [2.05, 4.69) is 0 Å². The van der Waals surface area contributed by atoms with Gasteiger partial charge in [0, 0.05) is 5.69 Å². The SMILES string of the molecule is N#Cc1cc(C=CCO)ccc1N. The average Bonchev–Trinajstić information content (AvgIpc) is 2.16. The predicted octanol–water partition coefficient (Wildman–Crippen LogP) is 1.15. The van der Waals surface area contributed by atoms with Crippen LogP contribution in [0.3, 0.4) is 0 Å². The Morgan fingerprint density at radius 2 is 2.31 bits per heavy atom. The molecule has 13 heavy (non-hydrogen) atoms. The summed E-state index contributed by atoms with van der Waals surface area (Å²) in [5, 5.41) is 17.2. The zero-order valence-electron chi connectivity index (χ0n) is 7.07. The topological polar surface area (TPSA) is 70.0 Å². The van der Waals surface area contributed by atoms with Gasteiger partial charge in [0.15, 0.2) is 0 Å². The molecule has 0 atom stereocenters. The summed E-state index contributed by atoms with van der Waals surface area (Å²) < 4.78 is 0. The van der Waals surface area contributed by atoms with Gasteiger partial charge in [0.2, 0.25) is 0 Å². The van der Waals surface area contributed by atoms with Gasteiger partial charge in [0.1, 0.15) is 6.07 Å². The van der Waals surface area contributed by atoms with Crippen LogP contribution in [-0.4, -0.2) is 11.7 Å². The van der Waals surface area contributed by atoms with E-state index in [1.165, 1.54) is 0 Å². The van der Waals surface area contributed by atoms with Crippen LogP contribution in [0.4, 0.5) is 5.69 Å². The molecule has 3 nitrogen and oxygen atoms in total. The summed E-state index contributed by atoms with van der Waals surface area (Å²) in [6.45, 7) is -0.00768. The molecule has 0 aliphatic heterocycles. The molecule has 0 bridgehead atoms. The molecule has 0 amide bonds. The van der Waals surface area contributed by atoms with E-state index >= 15 is 0 Å². The number of nitrogens with zero attached hydrogens (tertiary/aromatic N) is 1. The van der Waals surface area contributed by atoms with Crippen LogP contribution in [0.15, 0.2) is 24.3 Å². The third-order valence-electron chi connectivity index (χ3n) is 1.61. The van der Waals surface area contributed by atoms with Gasteiger partial charge in [0.25, 0.3) is 0 Å². The highest BCUT2D eigenvalue weighted by Crippen LogP contribution is 2.13. The summed E-state index contributed by atoms with van der Waals surface area (Å²) >= 11 is 0. The van der Waals surface area contributed by atoms with Crippen LogP contribution in [0.5, 0.6) is 0 Å². The van der Waals surface area contributed by atoms with Crippen molar-refractivity contribution in [2.45, 2.75) is 0 Å². The monoisotopic (exact) mass is 174 g/mol. The van der Waals surface area contributed by atoms with Crippen LogP contribution in [0.25, 0.3) is 6.08 Å². The van der Waals surface area contributed by atoms with Crippen LogP contribution in [-0.2, 0) is 0 Å². The number of hydrogen-bond acceptors (Lipinski definition) is 3. The summed E-state index contributed by atoms with van der Waals surface area (Å²) in [5.74, 6) is 0. The van der Waals surface area contributed by atoms with E-state index in [1.54, 1.807) is 30.4 Å². The second kappa shape index (κ2) is 4.29. The first kappa shape index (κ1) is 9.30. The molecular weight excluding hydrogens is 164 g/mol. The van der Waals surface area contributed by atoms with Crippen molar-refractivity contribution in [2.24, 2.45) is 0 Å². The number of hydrogen-bond donors (Lipinski definition) is 2. The highest BCUT2D eigenvalue weighted by Gasteiger charge is 1.96. The highest BCUT2D eigenvalue weighted by atomic mass is 16.2. The molecule has 0 spiro atoms. The van der Waals surface area contributed by atoms with Crippen LogP contribution in [0.1, 0.15) is 11.1 Å². The Labute approximate surface area is 76.7 Å². The van der Waals surface area contributed by atoms with Crippen molar-refractivity contribution < 1.29 is 5.11 Å². The zero-order chi connectivity index (χ0) is 9.68. The van der Waals surface area contributed by atoms with Gasteiger partial charge in [-0.05, 0) is 17.7 Å². The molecule has 1 aromatic carbocycles. The third kappa shape index (κ3) is 2.32. The fourth-order valence-electron chi connectivity index (χ4n) is 0.963. The van der Waals surface area contributed by atoms with Gasteiger partial charge in [-0.2, -0.15) is 5.26 Å². The van der Waals surface area contributed by atoms with E-state index in [9.17, 15) is 0 Å². The molecule has 0 fully saturated rings. The summed E-state index contributed by atoms with van der Waals surface area (Å²) in [7, 11) is 0. The van der Waals surface area contributed by atoms with Crippen molar-refractivity contribution in [2.75, 3.05) is 12.3 Å². The van der Waals surface area contributed by atoms with Crippen molar-refractivity contribution in [3.63, 3.8) is 0 Å². The molecule has 1 aromatic rings. The molecule has 66 valence electrons. The van der Waals surface area contributed by atoms with Crippen LogP contribution in [0.2, 0.25) is 0 Å². The third-order valence-corrected chi connectivity index (χ3v) is 1.61. The second-order valence-corrected chi connectivity index (χ2v) is 2.54. The molecule has 1 rings (SSSR count). The average molecular weight is 174 g/mol. The Balaban J connectivity index is 3.01. The van der Waals surface area contributed by atoms with Crippen molar-refractivity contribution in [1.82, 2.24) is 0 Å². The minimum atomic E-state index is -0.00768. The molecule has 0 aromatic heterocycles. The van der Waals surface area contributed by atoms with E-state index in [0.717, 1.165) is 5.56 Å². The van der Waals surface area contributed by atoms with Crippen molar-refractivity contribution >= 4 is 11.8 Å². The number of aliphatic hydroxyl groups excluding tert-OH is 1. The first-order valence-electron chi connectivity index (χ1n) is 3.85. The normalized spacial score (nSPS) is 10.2. The van der Waals surface area contributed by atoms with Gasteiger partial charge in [-0.3, -0.25) is 0 Å². The molecule has 0 unspecified atom stereocenters. The predicted molar refractivity (Wildman–Crippen MR) is 51.7 cm³/mol. The fraction of sp³-hybridized carbons (Fsp3) is 0.100. The van der Waals surface area contributed by atoms with Crippen LogP contribution < -0.4 is 5.73 Å². The van der Waals surface area contributed by atoms with Crippen molar-refractivity contribution in [3.05, 3.63) is 35.4 Å². The Bertz CT molecular complexity index is 364. The maximum Gasteiger partial charge on any atom is 0.101 e. The molecule has 0 radical (unpaired) electrons. The molecule has 3 N–H and O–H groups in total. The van der Waals surface area contributed by atoms with Gasteiger partial charge in [-0.25, -0.2) is 0 Å². The smallest absolute Gasteiger partial charge is 0.101 e. The fourth-order valence-corrected chi connectivity index (χ4v) is 0.963. The maximum atomic E-state index is 8.66. The van der Waals surface area contributed by atoms with Gasteiger partial charge in [-0.1, -0.05) is 18.2 Å². The Hall–Kier alpha value is -1.79. The molecule has 0 saturated carbocycles. The minimum Gasteiger partial charge on any atom is -0.398 e. The van der Waals surface area contributed by atoms with E-state index in [4.69, 9.17) is 16.1 Å². The summed E-state index contributed by atoms with van der Waals surface area (Å²) in [4.78, 5) is 0. The van der Waals surface area contributed by atoms with Gasteiger partial charge in [-0.15, -0.1) is 0 Å². The lowest BCUT2D eigenvalue weighted by Crippen LogP contribution is -1.90. The number of rotatable bonds is 2. The first-order chi connectivity index (χ1) is 6.27. The maximum absolute atomic E-state index is 8.66. The lowest BCUT2D eigenvalue weighted by molar-refractivity contribution is 0.343. The highest BCUT2D eigenvalue weighted by molar-refractivity contribution is 5.61. The Morgan fingerprint density at radius 1 is 1.54 bits per heavy atom. The van der Waals surface area contributed by atoms with E-state index in [0.29, 0.717) is 11.3 Å². The molecule has 0 aliphatic carbocycles. The van der Waals surface area contributed by atoms with Gasteiger partial charge < -0.3 is 10.8 Å². The number of anilines is 1. The van der Waals surface area contributed by atoms with E-state index < -0.39 is 0 Å². The van der Waals surface area contributed by atoms with Crippen molar-refractivity contribution in [3.8, 4) is 6.07 Å². The standard InChI is InChI=1S/C10H10N2O/c11-7-9-6-8(2-1-5-13)3-4-10(9)12/h1-4,6,13H,5,12H2. The quantitative estimate of drug-likeness (QED) is 0.660. The molecule has 0 heterocycles. The van der Waals surface area contributed by atoms with Crippen LogP contribution in [0, 0.1) is 11.3 Å². The second-order valence-electron chi connectivity index (χ2n) is 2.54. The first-order valence-corrected chi connectivity index (χ1v) is 3.85. The number of nitriles is 1. The molecule has 0 aliphatic rings. The lowest BCUT2D eigenvalue weighted by atomic mass is 10.1.